The third-order valence-corrected chi connectivity index (χ3v) is 12.1. The van der Waals surface area contributed by atoms with Crippen molar-refractivity contribution in [1.29, 1.82) is 0 Å². The van der Waals surface area contributed by atoms with Gasteiger partial charge in [0.2, 0.25) is 0 Å². The topological polar surface area (TPSA) is 20.5 Å². The van der Waals surface area contributed by atoms with Gasteiger partial charge in [-0.05, 0) is 99.3 Å². The zero-order valence-corrected chi connectivity index (χ0v) is 34.2. The Kier molecular flexibility index (Phi) is 9.22. The Bertz CT molecular complexity index is 3130. The van der Waals surface area contributed by atoms with Gasteiger partial charge < -0.3 is 4.90 Å². The summed E-state index contributed by atoms with van der Waals surface area (Å²) in [5, 5.41) is 7.85. The lowest BCUT2D eigenvalue weighted by Crippen LogP contribution is -2.16. The molecule has 288 valence electrons. The van der Waals surface area contributed by atoms with E-state index >= 15 is 0 Å². The van der Waals surface area contributed by atoms with Crippen molar-refractivity contribution < 1.29 is 0 Å². The van der Waals surface area contributed by atoms with Crippen LogP contribution in [0.25, 0.3) is 66.5 Å². The number of pyridine rings is 1. The van der Waals surface area contributed by atoms with E-state index in [0.717, 1.165) is 67.0 Å². The zero-order chi connectivity index (χ0) is 40.8. The Labute approximate surface area is 352 Å². The van der Waals surface area contributed by atoms with Gasteiger partial charge in [0, 0.05) is 39.0 Å². The minimum atomic E-state index is -0.139. The van der Waals surface area contributed by atoms with Crippen molar-refractivity contribution in [3.05, 3.63) is 230 Å². The fraction of sp³-hybridized carbons (Fsp3) is 0.0702. The van der Waals surface area contributed by atoms with E-state index in [-0.39, 0.29) is 5.41 Å². The van der Waals surface area contributed by atoms with E-state index in [0.29, 0.717) is 0 Å². The predicted octanol–water partition coefficient (Wildman–Crippen LogP) is 15.4. The van der Waals surface area contributed by atoms with E-state index in [1.165, 1.54) is 33.4 Å². The van der Waals surface area contributed by atoms with Gasteiger partial charge >= 0.3 is 0 Å². The number of rotatable bonds is 9. The first-order valence-corrected chi connectivity index (χ1v) is 20.7. The molecule has 3 heteroatoms. The number of benzene rings is 7. The molecular formula is C57H45N3. The summed E-state index contributed by atoms with van der Waals surface area (Å²) < 4.78 is 2.13. The van der Waals surface area contributed by atoms with Crippen molar-refractivity contribution in [2.75, 3.05) is 4.90 Å². The smallest absolute Gasteiger partial charge is 0.101 e. The van der Waals surface area contributed by atoms with Gasteiger partial charge in [-0.3, -0.25) is 0 Å². The molecule has 2 aromatic heterocycles. The number of hydrogen-bond donors (Lipinski definition) is 0. The van der Waals surface area contributed by atoms with Crippen LogP contribution in [0.4, 0.5) is 17.1 Å². The summed E-state index contributed by atoms with van der Waals surface area (Å²) in [5.74, 6) is 0. The molecule has 0 atom stereocenters. The molecule has 1 aliphatic rings. The minimum absolute atomic E-state index is 0.139. The molecule has 60 heavy (non-hydrogen) atoms. The second-order valence-corrected chi connectivity index (χ2v) is 16.0. The van der Waals surface area contributed by atoms with Crippen molar-refractivity contribution in [1.82, 2.24) is 9.61 Å². The van der Waals surface area contributed by atoms with Crippen LogP contribution in [0.5, 0.6) is 0 Å². The van der Waals surface area contributed by atoms with Gasteiger partial charge in [0.1, 0.15) is 5.69 Å². The first kappa shape index (κ1) is 36.8. The van der Waals surface area contributed by atoms with Crippen molar-refractivity contribution in [3.8, 4) is 44.6 Å². The maximum Gasteiger partial charge on any atom is 0.101 e. The molecule has 0 radical (unpaired) electrons. The molecule has 0 saturated heterocycles. The van der Waals surface area contributed by atoms with Gasteiger partial charge in [0.25, 0.3) is 0 Å². The highest BCUT2D eigenvalue weighted by Crippen LogP contribution is 2.51. The standard InChI is InChI=1S/C57H45N3/c1-5-7-19-39(6-2)53-37-43-24-14-15-27-48(43)56-54(42-22-12-9-13-23-42)55(58-60(53)56)44-25-18-26-46(36-44)59(45-32-30-41(31-33-45)40-20-10-8-11-21-40)47-34-35-50-49-28-16-17-29-51(49)57(3,4)52(50)38-47/h5-38H,2H2,1,3-4H3/b7-5-,39-19+. The van der Waals surface area contributed by atoms with Crippen molar-refractivity contribution in [2.45, 2.75) is 26.2 Å². The highest BCUT2D eigenvalue weighted by atomic mass is 15.2. The summed E-state index contributed by atoms with van der Waals surface area (Å²) in [4.78, 5) is 2.39. The average Bonchev–Trinajstić information content (AvgIpc) is 3.81. The van der Waals surface area contributed by atoms with Gasteiger partial charge in [-0.1, -0.05) is 184 Å². The van der Waals surface area contributed by atoms with E-state index in [1.54, 1.807) is 0 Å². The molecule has 7 aromatic carbocycles. The molecule has 0 aliphatic heterocycles. The summed E-state index contributed by atoms with van der Waals surface area (Å²) in [6.07, 6.45) is 8.13. The van der Waals surface area contributed by atoms with E-state index in [9.17, 15) is 0 Å². The molecule has 9 aromatic rings. The molecule has 0 N–H and O–H groups in total. The van der Waals surface area contributed by atoms with Crippen molar-refractivity contribution >= 4 is 38.9 Å². The summed E-state index contributed by atoms with van der Waals surface area (Å²) in [7, 11) is 0. The van der Waals surface area contributed by atoms with Crippen LogP contribution in [0, 0.1) is 0 Å². The van der Waals surface area contributed by atoms with E-state index in [4.69, 9.17) is 5.10 Å². The van der Waals surface area contributed by atoms with Crippen LogP contribution in [0.1, 0.15) is 37.6 Å². The van der Waals surface area contributed by atoms with Gasteiger partial charge in [-0.15, -0.1) is 0 Å². The predicted molar refractivity (Wildman–Crippen MR) is 254 cm³/mol. The molecule has 10 rings (SSSR count). The minimum Gasteiger partial charge on any atom is -0.310 e. The maximum atomic E-state index is 5.55. The maximum absolute atomic E-state index is 5.55. The molecule has 2 heterocycles. The molecule has 0 fully saturated rings. The SMILES string of the molecule is C=C/C(=C\C=C/C)c1cc2ccccc2c2c(-c3ccccc3)c(-c3cccc(N(c4ccc(-c5ccccc5)cc4)c4ccc5c(c4)C(C)(C)c4ccccc4-5)c3)nn12. The Morgan fingerprint density at radius 1 is 0.583 bits per heavy atom. The number of allylic oxidation sites excluding steroid dienone is 5. The second-order valence-electron chi connectivity index (χ2n) is 16.0. The summed E-state index contributed by atoms with van der Waals surface area (Å²) in [6, 6.07) is 65.8. The first-order valence-electron chi connectivity index (χ1n) is 20.7. The van der Waals surface area contributed by atoms with E-state index in [2.05, 4.69) is 224 Å². The van der Waals surface area contributed by atoms with Crippen LogP contribution in [0.15, 0.2) is 213 Å². The number of anilines is 3. The number of fused-ring (bicyclic) bond motifs is 6. The van der Waals surface area contributed by atoms with Crippen LogP contribution in [0.2, 0.25) is 0 Å². The van der Waals surface area contributed by atoms with Gasteiger partial charge in [-0.25, -0.2) is 4.52 Å². The molecule has 1 aliphatic carbocycles. The lowest BCUT2D eigenvalue weighted by molar-refractivity contribution is 0.660. The highest BCUT2D eigenvalue weighted by Gasteiger charge is 2.36. The number of hydrogen-bond acceptors (Lipinski definition) is 2. The Morgan fingerprint density at radius 3 is 1.98 bits per heavy atom. The van der Waals surface area contributed by atoms with Gasteiger partial charge in [0.05, 0.1) is 11.2 Å². The molecule has 0 amide bonds. The largest absolute Gasteiger partial charge is 0.310 e. The number of nitrogens with zero attached hydrogens (tertiary/aromatic N) is 3. The first-order chi connectivity index (χ1) is 29.4. The molecule has 3 nitrogen and oxygen atoms in total. The normalized spacial score (nSPS) is 13.2. The molecular weight excluding hydrogens is 727 g/mol. The quantitative estimate of drug-likeness (QED) is 0.136. The average molecular weight is 772 g/mol. The van der Waals surface area contributed by atoms with Crippen LogP contribution < -0.4 is 4.90 Å². The third kappa shape index (κ3) is 6.18. The lowest BCUT2D eigenvalue weighted by atomic mass is 9.82. The number of aromatic nitrogens is 2. The second kappa shape index (κ2) is 15.0. The Hall–Kier alpha value is -7.49. The molecule has 0 bridgehead atoms. The third-order valence-electron chi connectivity index (χ3n) is 12.1. The zero-order valence-electron chi connectivity index (χ0n) is 34.2. The summed E-state index contributed by atoms with van der Waals surface area (Å²) >= 11 is 0. The fourth-order valence-corrected chi connectivity index (χ4v) is 9.14. The van der Waals surface area contributed by atoms with E-state index in [1.807, 2.05) is 19.1 Å². The highest BCUT2D eigenvalue weighted by molar-refractivity contribution is 6.08. The van der Waals surface area contributed by atoms with E-state index < -0.39 is 0 Å². The Morgan fingerprint density at radius 2 is 1.22 bits per heavy atom. The van der Waals surface area contributed by atoms with Crippen LogP contribution in [-0.2, 0) is 5.41 Å². The summed E-state index contributed by atoms with van der Waals surface area (Å²) in [5.41, 5.74) is 18.0. The Balaban J connectivity index is 1.20. The van der Waals surface area contributed by atoms with Crippen LogP contribution >= 0.6 is 0 Å². The monoisotopic (exact) mass is 771 g/mol. The van der Waals surface area contributed by atoms with Gasteiger partial charge in [0.15, 0.2) is 0 Å². The molecule has 0 unspecified atom stereocenters. The molecule has 0 saturated carbocycles. The van der Waals surface area contributed by atoms with Crippen molar-refractivity contribution in [2.24, 2.45) is 0 Å². The fourth-order valence-electron chi connectivity index (χ4n) is 9.14. The van der Waals surface area contributed by atoms with Crippen LogP contribution in [-0.4, -0.2) is 9.61 Å². The van der Waals surface area contributed by atoms with Crippen molar-refractivity contribution in [3.63, 3.8) is 0 Å². The lowest BCUT2D eigenvalue weighted by Gasteiger charge is -2.28. The molecule has 0 spiro atoms. The van der Waals surface area contributed by atoms with Crippen LogP contribution in [0.3, 0.4) is 0 Å². The van der Waals surface area contributed by atoms with Gasteiger partial charge in [-0.2, -0.15) is 5.10 Å². The summed E-state index contributed by atoms with van der Waals surface area (Å²) in [6.45, 7) is 11.0.